The van der Waals surface area contributed by atoms with Gasteiger partial charge in [-0.1, -0.05) is 11.6 Å². The zero-order valence-corrected chi connectivity index (χ0v) is 11.9. The summed E-state index contributed by atoms with van der Waals surface area (Å²) in [6.07, 6.45) is -3.45. The van der Waals surface area contributed by atoms with Gasteiger partial charge in [-0.3, -0.25) is 9.59 Å². The van der Waals surface area contributed by atoms with E-state index >= 15 is 0 Å². The minimum atomic E-state index is -4.51. The summed E-state index contributed by atoms with van der Waals surface area (Å²) in [5.41, 5.74) is 0.0686. The maximum absolute atomic E-state index is 12.2. The Morgan fingerprint density at radius 3 is 2.82 bits per heavy atom. The molecule has 1 aromatic heterocycles. The standard InChI is InChI=1S/C12H11ClF3N3O3/c13-8-3-7(4-18-10(8)22-6-12(14,15)16)11(21)19-2-1-17-9(20)5-19/h3-4H,1-2,5-6H2,(H,17,20). The molecular formula is C12H11ClF3N3O3. The number of piperazine rings is 1. The third-order valence-corrected chi connectivity index (χ3v) is 3.02. The molecule has 1 aliphatic rings. The van der Waals surface area contributed by atoms with Crippen molar-refractivity contribution in [2.24, 2.45) is 0 Å². The second-order valence-corrected chi connectivity index (χ2v) is 4.90. The second-order valence-electron chi connectivity index (χ2n) is 4.49. The van der Waals surface area contributed by atoms with Crippen LogP contribution in [-0.2, 0) is 4.79 Å². The van der Waals surface area contributed by atoms with Crippen molar-refractivity contribution in [1.82, 2.24) is 15.2 Å². The Morgan fingerprint density at radius 1 is 1.50 bits per heavy atom. The molecule has 0 bridgehead atoms. The number of carbonyl (C=O) groups excluding carboxylic acids is 2. The van der Waals surface area contributed by atoms with Gasteiger partial charge in [-0.25, -0.2) is 4.98 Å². The van der Waals surface area contributed by atoms with Gasteiger partial charge < -0.3 is 15.0 Å². The number of hydrogen-bond acceptors (Lipinski definition) is 4. The third-order valence-electron chi connectivity index (χ3n) is 2.75. The molecule has 2 heterocycles. The summed E-state index contributed by atoms with van der Waals surface area (Å²) >= 11 is 5.77. The van der Waals surface area contributed by atoms with E-state index in [4.69, 9.17) is 11.6 Å². The van der Waals surface area contributed by atoms with Crippen LogP contribution in [0.1, 0.15) is 10.4 Å². The summed E-state index contributed by atoms with van der Waals surface area (Å²) in [6.45, 7) is -0.963. The van der Waals surface area contributed by atoms with Crippen LogP contribution >= 0.6 is 11.6 Å². The van der Waals surface area contributed by atoms with Crippen molar-refractivity contribution in [1.29, 1.82) is 0 Å². The molecule has 0 unspecified atom stereocenters. The van der Waals surface area contributed by atoms with Gasteiger partial charge in [-0.2, -0.15) is 13.2 Å². The Kier molecular flexibility index (Phi) is 4.74. The molecule has 0 radical (unpaired) electrons. The number of nitrogens with one attached hydrogen (secondary N) is 1. The average Bonchev–Trinajstić information content (AvgIpc) is 2.44. The fraction of sp³-hybridized carbons (Fsp3) is 0.417. The number of amides is 2. The number of ether oxygens (including phenoxy) is 1. The molecule has 22 heavy (non-hydrogen) atoms. The summed E-state index contributed by atoms with van der Waals surface area (Å²) in [4.78, 5) is 28.3. The number of carbonyl (C=O) groups is 2. The number of rotatable bonds is 3. The lowest BCUT2D eigenvalue weighted by atomic mass is 10.2. The minimum Gasteiger partial charge on any atom is -0.467 e. The van der Waals surface area contributed by atoms with E-state index in [0.717, 1.165) is 12.3 Å². The summed E-state index contributed by atoms with van der Waals surface area (Å²) in [7, 11) is 0. The fourth-order valence-corrected chi connectivity index (χ4v) is 2.01. The van der Waals surface area contributed by atoms with E-state index in [1.807, 2.05) is 0 Å². The van der Waals surface area contributed by atoms with E-state index in [-0.39, 0.29) is 23.0 Å². The number of nitrogens with zero attached hydrogens (tertiary/aromatic N) is 2. The number of halogens is 4. The van der Waals surface area contributed by atoms with E-state index in [1.54, 1.807) is 0 Å². The first kappa shape index (κ1) is 16.3. The molecular weight excluding hydrogens is 327 g/mol. The van der Waals surface area contributed by atoms with Crippen molar-refractivity contribution in [2.45, 2.75) is 6.18 Å². The monoisotopic (exact) mass is 337 g/mol. The molecule has 2 amide bonds. The smallest absolute Gasteiger partial charge is 0.422 e. The molecule has 6 nitrogen and oxygen atoms in total. The summed E-state index contributed by atoms with van der Waals surface area (Å²) in [6, 6.07) is 1.16. The van der Waals surface area contributed by atoms with E-state index in [2.05, 4.69) is 15.0 Å². The van der Waals surface area contributed by atoms with Crippen molar-refractivity contribution in [3.8, 4) is 5.88 Å². The maximum atomic E-state index is 12.2. The molecule has 1 aromatic rings. The van der Waals surface area contributed by atoms with Gasteiger partial charge in [-0.15, -0.1) is 0 Å². The molecule has 0 saturated carbocycles. The van der Waals surface area contributed by atoms with E-state index < -0.39 is 24.6 Å². The summed E-state index contributed by atoms with van der Waals surface area (Å²) < 4.78 is 40.6. The molecule has 1 saturated heterocycles. The van der Waals surface area contributed by atoms with Gasteiger partial charge >= 0.3 is 6.18 Å². The normalized spacial score (nSPS) is 15.5. The highest BCUT2D eigenvalue weighted by molar-refractivity contribution is 6.32. The van der Waals surface area contributed by atoms with Crippen molar-refractivity contribution in [3.05, 3.63) is 22.8 Å². The van der Waals surface area contributed by atoms with Crippen LogP contribution in [0.4, 0.5) is 13.2 Å². The lowest BCUT2D eigenvalue weighted by molar-refractivity contribution is -0.154. The first-order valence-electron chi connectivity index (χ1n) is 6.17. The topological polar surface area (TPSA) is 71.5 Å². The SMILES string of the molecule is O=C1CN(C(=O)c2cnc(OCC(F)(F)F)c(Cl)c2)CCN1. The molecule has 0 spiro atoms. The van der Waals surface area contributed by atoms with Crippen LogP contribution in [-0.4, -0.2) is 54.1 Å². The van der Waals surface area contributed by atoms with Crippen molar-refractivity contribution >= 4 is 23.4 Å². The van der Waals surface area contributed by atoms with Crippen molar-refractivity contribution < 1.29 is 27.5 Å². The van der Waals surface area contributed by atoms with Gasteiger partial charge in [0, 0.05) is 19.3 Å². The molecule has 1 N–H and O–H groups in total. The van der Waals surface area contributed by atoms with Gasteiger partial charge in [0.05, 0.1) is 12.1 Å². The van der Waals surface area contributed by atoms with Crippen LogP contribution in [0.25, 0.3) is 0 Å². The van der Waals surface area contributed by atoms with Crippen molar-refractivity contribution in [3.63, 3.8) is 0 Å². The molecule has 120 valence electrons. The van der Waals surface area contributed by atoms with E-state index in [9.17, 15) is 22.8 Å². The predicted molar refractivity (Wildman–Crippen MR) is 69.7 cm³/mol. The zero-order valence-electron chi connectivity index (χ0n) is 11.1. The van der Waals surface area contributed by atoms with Gasteiger partial charge in [0.25, 0.3) is 5.91 Å². The van der Waals surface area contributed by atoms with Crippen LogP contribution in [0.2, 0.25) is 5.02 Å². The Bertz CT molecular complexity index is 595. The van der Waals surface area contributed by atoms with Gasteiger partial charge in [0.1, 0.15) is 5.02 Å². The maximum Gasteiger partial charge on any atom is 0.422 e. The fourth-order valence-electron chi connectivity index (χ4n) is 1.79. The number of hydrogen-bond donors (Lipinski definition) is 1. The highest BCUT2D eigenvalue weighted by Crippen LogP contribution is 2.25. The quantitative estimate of drug-likeness (QED) is 0.901. The van der Waals surface area contributed by atoms with E-state index in [1.165, 1.54) is 4.90 Å². The second kappa shape index (κ2) is 6.39. The largest absolute Gasteiger partial charge is 0.467 e. The molecule has 10 heteroatoms. The minimum absolute atomic E-state index is 0.0686. The highest BCUT2D eigenvalue weighted by atomic mass is 35.5. The molecule has 1 aliphatic heterocycles. The lowest BCUT2D eigenvalue weighted by Crippen LogP contribution is -2.50. The Hall–Kier alpha value is -2.03. The van der Waals surface area contributed by atoms with Gasteiger partial charge in [-0.05, 0) is 6.07 Å². The van der Waals surface area contributed by atoms with Crippen LogP contribution in [0.3, 0.4) is 0 Å². The number of aromatic nitrogens is 1. The van der Waals surface area contributed by atoms with Gasteiger partial charge in [0.2, 0.25) is 11.8 Å². The van der Waals surface area contributed by atoms with Gasteiger partial charge in [0.15, 0.2) is 6.61 Å². The van der Waals surface area contributed by atoms with E-state index in [0.29, 0.717) is 13.1 Å². The Labute approximate surface area is 128 Å². The first-order valence-corrected chi connectivity index (χ1v) is 6.55. The predicted octanol–water partition coefficient (Wildman–Crippen LogP) is 1.25. The Morgan fingerprint density at radius 2 is 2.23 bits per heavy atom. The summed E-state index contributed by atoms with van der Waals surface area (Å²) in [5, 5.41) is 2.36. The molecule has 0 aromatic carbocycles. The lowest BCUT2D eigenvalue weighted by Gasteiger charge is -2.26. The first-order chi connectivity index (χ1) is 10.3. The Balaban J connectivity index is 2.08. The van der Waals surface area contributed by atoms with Crippen LogP contribution < -0.4 is 10.1 Å². The van der Waals surface area contributed by atoms with Crippen molar-refractivity contribution in [2.75, 3.05) is 26.2 Å². The van der Waals surface area contributed by atoms with Crippen LogP contribution in [0, 0.1) is 0 Å². The molecule has 0 atom stereocenters. The molecule has 0 aliphatic carbocycles. The average molecular weight is 338 g/mol. The number of alkyl halides is 3. The highest BCUT2D eigenvalue weighted by Gasteiger charge is 2.29. The summed E-state index contributed by atoms with van der Waals surface area (Å²) in [5.74, 6) is -1.18. The third kappa shape index (κ3) is 4.23. The zero-order chi connectivity index (χ0) is 16.3. The molecule has 1 fully saturated rings. The van der Waals surface area contributed by atoms with Crippen LogP contribution in [0.5, 0.6) is 5.88 Å². The number of pyridine rings is 1. The molecule has 2 rings (SSSR count). The van der Waals surface area contributed by atoms with Crippen LogP contribution in [0.15, 0.2) is 12.3 Å².